The minimum atomic E-state index is -0.815. The van der Waals surface area contributed by atoms with Gasteiger partial charge >= 0.3 is 5.97 Å². The van der Waals surface area contributed by atoms with E-state index in [0.717, 1.165) is 22.3 Å². The van der Waals surface area contributed by atoms with Crippen molar-refractivity contribution in [2.75, 3.05) is 0 Å². The highest BCUT2D eigenvalue weighted by atomic mass is 16.5. The third-order valence-electron chi connectivity index (χ3n) is 4.06. The van der Waals surface area contributed by atoms with Crippen LogP contribution in [-0.4, -0.2) is 17.9 Å². The molecule has 3 heteroatoms. The first kappa shape index (κ1) is 16.9. The van der Waals surface area contributed by atoms with Crippen molar-refractivity contribution >= 4 is 11.8 Å². The van der Waals surface area contributed by atoms with Crippen LogP contribution in [0.3, 0.4) is 0 Å². The molecule has 0 bridgehead atoms. The number of hydrogen-bond acceptors (Lipinski definition) is 3. The second kappa shape index (κ2) is 6.78. The Balaban J connectivity index is 2.15. The van der Waals surface area contributed by atoms with E-state index in [4.69, 9.17) is 4.74 Å². The smallest absolute Gasteiger partial charge is 0.339 e. The lowest BCUT2D eigenvalue weighted by molar-refractivity contribution is 0.0318. The van der Waals surface area contributed by atoms with E-state index in [0.29, 0.717) is 11.1 Å². The normalized spacial score (nSPS) is 11.9. The van der Waals surface area contributed by atoms with Crippen LogP contribution in [0.5, 0.6) is 0 Å². The van der Waals surface area contributed by atoms with E-state index in [-0.39, 0.29) is 5.78 Å². The fourth-order valence-electron chi connectivity index (χ4n) is 2.36. The molecule has 3 nitrogen and oxygen atoms in total. The maximum Gasteiger partial charge on any atom is 0.339 e. The van der Waals surface area contributed by atoms with Crippen LogP contribution in [0.25, 0.3) is 0 Å². The first-order valence-corrected chi connectivity index (χ1v) is 7.69. The Morgan fingerprint density at radius 2 is 1.52 bits per heavy atom. The number of hydrogen-bond donors (Lipinski definition) is 0. The number of benzene rings is 2. The zero-order chi connectivity index (χ0) is 17.1. The summed E-state index contributed by atoms with van der Waals surface area (Å²) in [6.07, 6.45) is -0.815. The molecule has 2 aromatic carbocycles. The molecular weight excluding hydrogens is 288 g/mol. The van der Waals surface area contributed by atoms with Gasteiger partial charge in [-0.15, -0.1) is 0 Å². The Labute approximate surface area is 137 Å². The van der Waals surface area contributed by atoms with Gasteiger partial charge in [0.05, 0.1) is 5.56 Å². The minimum absolute atomic E-state index is 0.188. The first-order chi connectivity index (χ1) is 10.8. The maximum atomic E-state index is 12.4. The molecule has 0 aliphatic carbocycles. The summed E-state index contributed by atoms with van der Waals surface area (Å²) in [5.74, 6) is -0.650. The zero-order valence-electron chi connectivity index (χ0n) is 14.3. The summed E-state index contributed by atoms with van der Waals surface area (Å²) in [5, 5.41) is 0. The lowest BCUT2D eigenvalue weighted by Crippen LogP contribution is -2.25. The van der Waals surface area contributed by atoms with Gasteiger partial charge in [0, 0.05) is 5.56 Å². The molecule has 2 aromatic rings. The number of ether oxygens (including phenoxy) is 1. The molecule has 0 amide bonds. The van der Waals surface area contributed by atoms with Crippen molar-refractivity contribution in [1.82, 2.24) is 0 Å². The van der Waals surface area contributed by atoms with Crippen LogP contribution >= 0.6 is 0 Å². The van der Waals surface area contributed by atoms with Crippen molar-refractivity contribution < 1.29 is 14.3 Å². The maximum absolute atomic E-state index is 12.4. The summed E-state index contributed by atoms with van der Waals surface area (Å²) in [6, 6.07) is 11.1. The Kier molecular flexibility index (Phi) is 4.99. The van der Waals surface area contributed by atoms with Gasteiger partial charge in [0.1, 0.15) is 0 Å². The molecule has 0 aliphatic heterocycles. The number of carbonyl (C=O) groups is 2. The van der Waals surface area contributed by atoms with Crippen molar-refractivity contribution in [2.45, 2.75) is 40.7 Å². The van der Waals surface area contributed by atoms with Gasteiger partial charge in [-0.2, -0.15) is 0 Å². The van der Waals surface area contributed by atoms with Gasteiger partial charge in [0.25, 0.3) is 0 Å². The molecule has 0 unspecified atom stereocenters. The molecule has 0 aromatic heterocycles. The second-order valence-corrected chi connectivity index (χ2v) is 6.03. The van der Waals surface area contributed by atoms with Crippen LogP contribution in [0.15, 0.2) is 36.4 Å². The van der Waals surface area contributed by atoms with Crippen LogP contribution in [-0.2, 0) is 4.74 Å². The predicted octanol–water partition coefficient (Wildman–Crippen LogP) is 4.35. The molecule has 0 saturated heterocycles. The molecule has 2 rings (SSSR count). The topological polar surface area (TPSA) is 43.4 Å². The Morgan fingerprint density at radius 1 is 0.870 bits per heavy atom. The van der Waals surface area contributed by atoms with E-state index >= 15 is 0 Å². The first-order valence-electron chi connectivity index (χ1n) is 7.69. The zero-order valence-corrected chi connectivity index (χ0v) is 14.3. The molecule has 0 saturated carbocycles. The summed E-state index contributed by atoms with van der Waals surface area (Å²) < 4.78 is 5.37. The van der Waals surface area contributed by atoms with E-state index in [1.165, 1.54) is 0 Å². The molecule has 0 fully saturated rings. The number of carbonyl (C=O) groups excluding carboxylic acids is 2. The average Bonchev–Trinajstić information content (AvgIpc) is 2.51. The highest BCUT2D eigenvalue weighted by Crippen LogP contribution is 2.16. The molecule has 23 heavy (non-hydrogen) atoms. The van der Waals surface area contributed by atoms with Gasteiger partial charge in [-0.3, -0.25) is 4.79 Å². The number of ketones is 1. The number of rotatable bonds is 4. The molecule has 0 heterocycles. The Morgan fingerprint density at radius 3 is 2.17 bits per heavy atom. The fraction of sp³-hybridized carbons (Fsp3) is 0.300. The van der Waals surface area contributed by atoms with E-state index in [1.807, 2.05) is 52.0 Å². The summed E-state index contributed by atoms with van der Waals surface area (Å²) in [6.45, 7) is 9.33. The second-order valence-electron chi connectivity index (χ2n) is 6.03. The SMILES string of the molecule is Cc1ccc(C)c(C(=O)O[C@@H](C)C(=O)c2ccc(C)c(C)c2)c1. The number of esters is 1. The van der Waals surface area contributed by atoms with E-state index < -0.39 is 12.1 Å². The van der Waals surface area contributed by atoms with Crippen LogP contribution in [0.1, 0.15) is 49.9 Å². The third-order valence-corrected chi connectivity index (χ3v) is 4.06. The molecular formula is C20H22O3. The lowest BCUT2D eigenvalue weighted by Gasteiger charge is -2.14. The van der Waals surface area contributed by atoms with Crippen molar-refractivity contribution in [3.8, 4) is 0 Å². The lowest BCUT2D eigenvalue weighted by atomic mass is 10.0. The highest BCUT2D eigenvalue weighted by molar-refractivity contribution is 6.01. The summed E-state index contributed by atoms with van der Waals surface area (Å²) in [5.41, 5.74) is 5.06. The van der Waals surface area contributed by atoms with Crippen molar-refractivity contribution in [3.05, 3.63) is 69.8 Å². The van der Waals surface area contributed by atoms with Gasteiger partial charge in [-0.05, 0) is 63.4 Å². The minimum Gasteiger partial charge on any atom is -0.451 e. The summed E-state index contributed by atoms with van der Waals surface area (Å²) in [7, 11) is 0. The standard InChI is InChI=1S/C20H22O3/c1-12-6-7-14(3)18(10-12)20(22)23-16(5)19(21)17-9-8-13(2)15(4)11-17/h6-11,16H,1-5H3/t16-/m0/s1. The van der Waals surface area contributed by atoms with Gasteiger partial charge in [-0.1, -0.05) is 29.8 Å². The predicted molar refractivity (Wildman–Crippen MR) is 91.0 cm³/mol. The van der Waals surface area contributed by atoms with Crippen molar-refractivity contribution in [1.29, 1.82) is 0 Å². The molecule has 0 spiro atoms. The van der Waals surface area contributed by atoms with Crippen LogP contribution < -0.4 is 0 Å². The van der Waals surface area contributed by atoms with Crippen LogP contribution in [0.2, 0.25) is 0 Å². The number of aryl methyl sites for hydroxylation is 4. The summed E-state index contributed by atoms with van der Waals surface area (Å²) in [4.78, 5) is 24.8. The van der Waals surface area contributed by atoms with Crippen molar-refractivity contribution in [2.24, 2.45) is 0 Å². The van der Waals surface area contributed by atoms with Crippen LogP contribution in [0, 0.1) is 27.7 Å². The molecule has 0 radical (unpaired) electrons. The van der Waals surface area contributed by atoms with E-state index in [2.05, 4.69) is 0 Å². The molecule has 0 aliphatic rings. The third kappa shape index (κ3) is 3.86. The van der Waals surface area contributed by atoms with Gasteiger partial charge in [-0.25, -0.2) is 4.79 Å². The molecule has 0 N–H and O–H groups in total. The monoisotopic (exact) mass is 310 g/mol. The van der Waals surface area contributed by atoms with Gasteiger partial charge < -0.3 is 4.74 Å². The van der Waals surface area contributed by atoms with Gasteiger partial charge in [0.2, 0.25) is 5.78 Å². The van der Waals surface area contributed by atoms with Gasteiger partial charge in [0.15, 0.2) is 6.10 Å². The van der Waals surface area contributed by atoms with Crippen molar-refractivity contribution in [3.63, 3.8) is 0 Å². The fourth-order valence-corrected chi connectivity index (χ4v) is 2.36. The van der Waals surface area contributed by atoms with E-state index in [9.17, 15) is 9.59 Å². The number of Topliss-reactive ketones (excluding diaryl/α,β-unsaturated/α-hetero) is 1. The van der Waals surface area contributed by atoms with E-state index in [1.54, 1.807) is 19.1 Å². The van der Waals surface area contributed by atoms with Crippen LogP contribution in [0.4, 0.5) is 0 Å². The highest BCUT2D eigenvalue weighted by Gasteiger charge is 2.21. The average molecular weight is 310 g/mol. The quantitative estimate of drug-likeness (QED) is 0.623. The Hall–Kier alpha value is -2.42. The molecule has 120 valence electrons. The Bertz CT molecular complexity index is 759. The molecule has 1 atom stereocenters. The largest absolute Gasteiger partial charge is 0.451 e. The summed E-state index contributed by atoms with van der Waals surface area (Å²) >= 11 is 0.